The fourth-order valence-corrected chi connectivity index (χ4v) is 1.96. The van der Waals surface area contributed by atoms with Gasteiger partial charge < -0.3 is 4.57 Å². The van der Waals surface area contributed by atoms with Crippen LogP contribution in [-0.4, -0.2) is 18.3 Å². The standard InChI is InChI=1S/C10H16NOP/c1-8-5-6-10(7-11-8)9(2)13(3,4)12/h5-7,9H,1-4H3. The molecule has 0 saturated heterocycles. The van der Waals surface area contributed by atoms with Crippen LogP contribution in [0.5, 0.6) is 0 Å². The molecule has 0 fully saturated rings. The normalized spacial score (nSPS) is 14.2. The van der Waals surface area contributed by atoms with Crippen molar-refractivity contribution < 1.29 is 4.57 Å². The van der Waals surface area contributed by atoms with Crippen LogP contribution in [0.2, 0.25) is 0 Å². The van der Waals surface area contributed by atoms with Crippen molar-refractivity contribution in [3.63, 3.8) is 0 Å². The van der Waals surface area contributed by atoms with Gasteiger partial charge in [0.25, 0.3) is 0 Å². The molecule has 0 bridgehead atoms. The third-order valence-corrected chi connectivity index (χ3v) is 4.51. The lowest BCUT2D eigenvalue weighted by molar-refractivity contribution is 0.575. The molecule has 0 amide bonds. The van der Waals surface area contributed by atoms with Gasteiger partial charge in [0.05, 0.1) is 7.14 Å². The van der Waals surface area contributed by atoms with E-state index >= 15 is 0 Å². The van der Waals surface area contributed by atoms with Crippen molar-refractivity contribution in [2.75, 3.05) is 13.3 Å². The minimum Gasteiger partial charge on any atom is -0.324 e. The molecule has 0 spiro atoms. The topological polar surface area (TPSA) is 30.0 Å². The van der Waals surface area contributed by atoms with Gasteiger partial charge in [0.2, 0.25) is 0 Å². The summed E-state index contributed by atoms with van der Waals surface area (Å²) in [6.45, 7) is 7.58. The van der Waals surface area contributed by atoms with Crippen LogP contribution in [0.25, 0.3) is 0 Å². The van der Waals surface area contributed by atoms with Crippen LogP contribution in [0.15, 0.2) is 18.3 Å². The number of aromatic nitrogens is 1. The number of hydrogen-bond acceptors (Lipinski definition) is 2. The zero-order valence-electron chi connectivity index (χ0n) is 8.61. The summed E-state index contributed by atoms with van der Waals surface area (Å²) < 4.78 is 11.8. The molecule has 0 aliphatic heterocycles. The zero-order valence-corrected chi connectivity index (χ0v) is 9.51. The van der Waals surface area contributed by atoms with Crippen molar-refractivity contribution in [3.8, 4) is 0 Å². The highest BCUT2D eigenvalue weighted by Crippen LogP contribution is 2.52. The molecule has 2 nitrogen and oxygen atoms in total. The van der Waals surface area contributed by atoms with E-state index in [1.54, 1.807) is 0 Å². The summed E-state index contributed by atoms with van der Waals surface area (Å²) in [4.78, 5) is 4.19. The van der Waals surface area contributed by atoms with E-state index in [4.69, 9.17) is 0 Å². The molecular weight excluding hydrogens is 181 g/mol. The lowest BCUT2D eigenvalue weighted by atomic mass is 10.2. The number of aryl methyl sites for hydroxylation is 1. The Labute approximate surface area is 79.8 Å². The minimum absolute atomic E-state index is 0.112. The largest absolute Gasteiger partial charge is 0.324 e. The van der Waals surface area contributed by atoms with E-state index in [0.717, 1.165) is 11.3 Å². The van der Waals surface area contributed by atoms with E-state index in [1.807, 2.05) is 45.5 Å². The molecule has 1 heterocycles. The van der Waals surface area contributed by atoms with Crippen LogP contribution in [-0.2, 0) is 4.57 Å². The number of nitrogens with zero attached hydrogens (tertiary/aromatic N) is 1. The van der Waals surface area contributed by atoms with Crippen LogP contribution >= 0.6 is 7.14 Å². The molecule has 0 saturated carbocycles. The van der Waals surface area contributed by atoms with E-state index in [0.29, 0.717) is 0 Å². The summed E-state index contributed by atoms with van der Waals surface area (Å²) in [5, 5.41) is 0. The number of hydrogen-bond donors (Lipinski definition) is 0. The monoisotopic (exact) mass is 197 g/mol. The Balaban J connectivity index is 2.97. The molecule has 1 aromatic heterocycles. The molecule has 0 radical (unpaired) electrons. The van der Waals surface area contributed by atoms with Crippen LogP contribution < -0.4 is 0 Å². The van der Waals surface area contributed by atoms with Crippen molar-refractivity contribution >= 4 is 7.14 Å². The van der Waals surface area contributed by atoms with Gasteiger partial charge >= 0.3 is 0 Å². The maximum Gasteiger partial charge on any atom is 0.0888 e. The maximum absolute atomic E-state index is 11.8. The molecule has 1 aromatic rings. The van der Waals surface area contributed by atoms with Gasteiger partial charge in [-0.3, -0.25) is 4.98 Å². The van der Waals surface area contributed by atoms with Gasteiger partial charge in [0.15, 0.2) is 0 Å². The Kier molecular flexibility index (Phi) is 2.92. The van der Waals surface area contributed by atoms with Crippen LogP contribution in [0.4, 0.5) is 0 Å². The second-order valence-corrected chi connectivity index (χ2v) is 7.49. The molecular formula is C10H16NOP. The van der Waals surface area contributed by atoms with Crippen molar-refractivity contribution in [3.05, 3.63) is 29.6 Å². The third kappa shape index (κ3) is 2.67. The molecule has 3 heteroatoms. The minimum atomic E-state index is -2.03. The molecule has 0 aliphatic rings. The molecule has 13 heavy (non-hydrogen) atoms. The second-order valence-electron chi connectivity index (χ2n) is 3.84. The highest BCUT2D eigenvalue weighted by Gasteiger charge is 2.19. The first-order valence-electron chi connectivity index (χ1n) is 4.38. The maximum atomic E-state index is 11.8. The Hall–Kier alpha value is -0.620. The van der Waals surface area contributed by atoms with Gasteiger partial charge in [0.1, 0.15) is 0 Å². The van der Waals surface area contributed by atoms with Gasteiger partial charge in [-0.2, -0.15) is 0 Å². The van der Waals surface area contributed by atoms with Crippen molar-refractivity contribution in [2.24, 2.45) is 0 Å². The van der Waals surface area contributed by atoms with Crippen molar-refractivity contribution in [1.29, 1.82) is 0 Å². The van der Waals surface area contributed by atoms with Crippen LogP contribution in [0, 0.1) is 6.92 Å². The molecule has 1 atom stereocenters. The quantitative estimate of drug-likeness (QED) is 0.682. The summed E-state index contributed by atoms with van der Waals surface area (Å²) in [7, 11) is -2.03. The zero-order chi connectivity index (χ0) is 10.1. The first kappa shape index (κ1) is 10.5. The van der Waals surface area contributed by atoms with Gasteiger partial charge in [-0.05, 0) is 31.9 Å². The third-order valence-electron chi connectivity index (χ3n) is 2.35. The SMILES string of the molecule is Cc1ccc(C(C)P(C)(C)=O)cn1. The summed E-state index contributed by atoms with van der Waals surface area (Å²) in [6, 6.07) is 3.97. The predicted molar refractivity (Wildman–Crippen MR) is 56.8 cm³/mol. The Bertz CT molecular complexity index is 325. The molecule has 0 aliphatic carbocycles. The second kappa shape index (κ2) is 3.63. The van der Waals surface area contributed by atoms with Crippen LogP contribution in [0.1, 0.15) is 23.8 Å². The van der Waals surface area contributed by atoms with Gasteiger partial charge in [-0.25, -0.2) is 0 Å². The van der Waals surface area contributed by atoms with E-state index in [2.05, 4.69) is 4.98 Å². The lowest BCUT2D eigenvalue weighted by Gasteiger charge is -2.16. The summed E-state index contributed by atoms with van der Waals surface area (Å²) in [5.41, 5.74) is 2.18. The smallest absolute Gasteiger partial charge is 0.0888 e. The first-order valence-corrected chi connectivity index (χ1v) is 7.05. The lowest BCUT2D eigenvalue weighted by Crippen LogP contribution is -1.95. The Morgan fingerprint density at radius 2 is 2.00 bits per heavy atom. The van der Waals surface area contributed by atoms with Gasteiger partial charge in [0, 0.05) is 17.5 Å². The van der Waals surface area contributed by atoms with Crippen molar-refractivity contribution in [1.82, 2.24) is 4.98 Å². The predicted octanol–water partition coefficient (Wildman–Crippen LogP) is 3.07. The van der Waals surface area contributed by atoms with Crippen molar-refractivity contribution in [2.45, 2.75) is 19.5 Å². The van der Waals surface area contributed by atoms with Gasteiger partial charge in [-0.15, -0.1) is 0 Å². The Morgan fingerprint density at radius 3 is 2.38 bits per heavy atom. The van der Waals surface area contributed by atoms with Gasteiger partial charge in [-0.1, -0.05) is 13.0 Å². The fourth-order valence-electron chi connectivity index (χ4n) is 1.09. The molecule has 0 aromatic carbocycles. The first-order chi connectivity index (χ1) is 5.91. The summed E-state index contributed by atoms with van der Waals surface area (Å²) in [6.07, 6.45) is 1.82. The summed E-state index contributed by atoms with van der Waals surface area (Å²) >= 11 is 0. The van der Waals surface area contributed by atoms with E-state index in [1.165, 1.54) is 0 Å². The summed E-state index contributed by atoms with van der Waals surface area (Å²) in [5.74, 6) is 0. The molecule has 1 rings (SSSR count). The number of rotatable bonds is 2. The average Bonchev–Trinajstić information content (AvgIpc) is 2.03. The average molecular weight is 197 g/mol. The highest BCUT2D eigenvalue weighted by molar-refractivity contribution is 7.62. The van der Waals surface area contributed by atoms with E-state index in [-0.39, 0.29) is 5.66 Å². The van der Waals surface area contributed by atoms with Crippen LogP contribution in [0.3, 0.4) is 0 Å². The highest BCUT2D eigenvalue weighted by atomic mass is 31.2. The fraction of sp³-hybridized carbons (Fsp3) is 0.500. The molecule has 0 N–H and O–H groups in total. The Morgan fingerprint density at radius 1 is 1.38 bits per heavy atom. The number of pyridine rings is 1. The molecule has 1 unspecified atom stereocenters. The molecule has 72 valence electrons. The van der Waals surface area contributed by atoms with E-state index in [9.17, 15) is 4.57 Å². The van der Waals surface area contributed by atoms with E-state index < -0.39 is 7.14 Å².